The quantitative estimate of drug-likeness (QED) is 0.784. The monoisotopic (exact) mass is 273 g/mol. The molecule has 2 rings (SSSR count). The SMILES string of the molecule is CC(C)(C)C(NC1CCCCC1(C)C)c1ccccc1. The van der Waals surface area contributed by atoms with Gasteiger partial charge in [-0.2, -0.15) is 0 Å². The lowest BCUT2D eigenvalue weighted by Crippen LogP contribution is -2.48. The number of rotatable bonds is 3. The van der Waals surface area contributed by atoms with Crippen LogP contribution in [0.1, 0.15) is 71.9 Å². The molecule has 2 unspecified atom stereocenters. The zero-order chi connectivity index (χ0) is 14.8. The molecule has 0 saturated heterocycles. The minimum absolute atomic E-state index is 0.231. The zero-order valence-electron chi connectivity index (χ0n) is 13.9. The van der Waals surface area contributed by atoms with Crippen LogP contribution in [-0.2, 0) is 0 Å². The minimum atomic E-state index is 0.231. The lowest BCUT2D eigenvalue weighted by atomic mass is 9.71. The maximum atomic E-state index is 4.00. The molecule has 2 atom stereocenters. The summed E-state index contributed by atoms with van der Waals surface area (Å²) in [6.45, 7) is 11.9. The number of hydrogen-bond donors (Lipinski definition) is 1. The fourth-order valence-electron chi connectivity index (χ4n) is 3.50. The van der Waals surface area contributed by atoms with Crippen molar-refractivity contribution in [1.29, 1.82) is 0 Å². The number of nitrogens with one attached hydrogen (secondary N) is 1. The second-order valence-electron chi connectivity index (χ2n) is 8.16. The first-order valence-corrected chi connectivity index (χ1v) is 8.12. The molecule has 1 heteroatoms. The molecule has 112 valence electrons. The summed E-state index contributed by atoms with van der Waals surface area (Å²) in [6, 6.07) is 12.0. The Morgan fingerprint density at radius 2 is 1.75 bits per heavy atom. The lowest BCUT2D eigenvalue weighted by Gasteiger charge is -2.44. The number of benzene rings is 1. The lowest BCUT2D eigenvalue weighted by molar-refractivity contribution is 0.126. The second-order valence-corrected chi connectivity index (χ2v) is 8.16. The summed E-state index contributed by atoms with van der Waals surface area (Å²) < 4.78 is 0. The van der Waals surface area contributed by atoms with E-state index in [2.05, 4.69) is 70.3 Å². The molecule has 1 saturated carbocycles. The van der Waals surface area contributed by atoms with Crippen molar-refractivity contribution in [1.82, 2.24) is 5.32 Å². The molecule has 20 heavy (non-hydrogen) atoms. The largest absolute Gasteiger partial charge is 0.306 e. The average Bonchev–Trinajstić information content (AvgIpc) is 2.36. The molecule has 0 bridgehead atoms. The van der Waals surface area contributed by atoms with Gasteiger partial charge in [0.1, 0.15) is 0 Å². The predicted octanol–water partition coefficient (Wildman–Crippen LogP) is 5.33. The van der Waals surface area contributed by atoms with Crippen molar-refractivity contribution in [2.75, 3.05) is 0 Å². The fourth-order valence-corrected chi connectivity index (χ4v) is 3.50. The smallest absolute Gasteiger partial charge is 0.0371 e. The van der Waals surface area contributed by atoms with Crippen LogP contribution in [0.4, 0.5) is 0 Å². The molecule has 1 aromatic carbocycles. The third-order valence-corrected chi connectivity index (χ3v) is 4.87. The summed E-state index contributed by atoms with van der Waals surface area (Å²) in [4.78, 5) is 0. The zero-order valence-corrected chi connectivity index (χ0v) is 13.9. The molecule has 1 nitrogen and oxygen atoms in total. The Morgan fingerprint density at radius 1 is 1.10 bits per heavy atom. The van der Waals surface area contributed by atoms with E-state index >= 15 is 0 Å². The van der Waals surface area contributed by atoms with Gasteiger partial charge in [0, 0.05) is 12.1 Å². The van der Waals surface area contributed by atoms with Gasteiger partial charge < -0.3 is 5.32 Å². The highest BCUT2D eigenvalue weighted by atomic mass is 15.0. The van der Waals surface area contributed by atoms with E-state index in [0.717, 1.165) is 0 Å². The average molecular weight is 273 g/mol. The highest BCUT2D eigenvalue weighted by Crippen LogP contribution is 2.40. The molecule has 0 radical (unpaired) electrons. The third-order valence-electron chi connectivity index (χ3n) is 4.87. The molecule has 1 aliphatic rings. The first-order valence-electron chi connectivity index (χ1n) is 8.12. The van der Waals surface area contributed by atoms with Gasteiger partial charge >= 0.3 is 0 Å². The van der Waals surface area contributed by atoms with Gasteiger partial charge in [0.15, 0.2) is 0 Å². The summed E-state index contributed by atoms with van der Waals surface area (Å²) in [6.07, 6.45) is 5.41. The molecular weight excluding hydrogens is 242 g/mol. The summed E-state index contributed by atoms with van der Waals surface area (Å²) in [7, 11) is 0. The molecule has 0 aliphatic heterocycles. The maximum absolute atomic E-state index is 4.00. The van der Waals surface area contributed by atoms with Crippen LogP contribution in [0.5, 0.6) is 0 Å². The number of hydrogen-bond acceptors (Lipinski definition) is 1. The van der Waals surface area contributed by atoms with Crippen molar-refractivity contribution < 1.29 is 0 Å². The van der Waals surface area contributed by atoms with E-state index in [9.17, 15) is 0 Å². The third kappa shape index (κ3) is 3.63. The van der Waals surface area contributed by atoms with Gasteiger partial charge in [-0.05, 0) is 29.2 Å². The molecular formula is C19H31N. The molecule has 0 spiro atoms. The minimum Gasteiger partial charge on any atom is -0.306 e. The first-order chi connectivity index (χ1) is 9.31. The van der Waals surface area contributed by atoms with Crippen molar-refractivity contribution in [3.05, 3.63) is 35.9 Å². The van der Waals surface area contributed by atoms with Crippen LogP contribution in [0.2, 0.25) is 0 Å². The van der Waals surface area contributed by atoms with Crippen LogP contribution in [-0.4, -0.2) is 6.04 Å². The van der Waals surface area contributed by atoms with Gasteiger partial charge in [-0.1, -0.05) is 77.8 Å². The van der Waals surface area contributed by atoms with Crippen molar-refractivity contribution in [2.45, 2.75) is 72.4 Å². The summed E-state index contributed by atoms with van der Waals surface area (Å²) in [5, 5.41) is 4.00. The normalized spacial score (nSPS) is 24.4. The van der Waals surface area contributed by atoms with Crippen LogP contribution >= 0.6 is 0 Å². The topological polar surface area (TPSA) is 12.0 Å². The van der Waals surface area contributed by atoms with Crippen molar-refractivity contribution in [3.63, 3.8) is 0 Å². The van der Waals surface area contributed by atoms with E-state index in [1.54, 1.807) is 0 Å². The predicted molar refractivity (Wildman–Crippen MR) is 87.8 cm³/mol. The molecule has 1 aliphatic carbocycles. The fraction of sp³-hybridized carbons (Fsp3) is 0.684. The molecule has 1 N–H and O–H groups in total. The van der Waals surface area contributed by atoms with Gasteiger partial charge in [0.2, 0.25) is 0 Å². The Kier molecular flexibility index (Phi) is 4.59. The Labute approximate surface area is 125 Å². The van der Waals surface area contributed by atoms with E-state index in [-0.39, 0.29) is 5.41 Å². The van der Waals surface area contributed by atoms with E-state index in [1.165, 1.54) is 31.2 Å². The van der Waals surface area contributed by atoms with Crippen molar-refractivity contribution in [3.8, 4) is 0 Å². The standard InChI is InChI=1S/C19H31N/c1-18(2,3)17(15-11-7-6-8-12-15)20-16-13-9-10-14-19(16,4)5/h6-8,11-12,16-17,20H,9-10,13-14H2,1-5H3. The summed E-state index contributed by atoms with van der Waals surface area (Å²) >= 11 is 0. The second kappa shape index (κ2) is 5.89. The first kappa shape index (κ1) is 15.6. The highest BCUT2D eigenvalue weighted by molar-refractivity contribution is 5.21. The van der Waals surface area contributed by atoms with Crippen LogP contribution in [0, 0.1) is 10.8 Å². The van der Waals surface area contributed by atoms with Crippen LogP contribution < -0.4 is 5.32 Å². The Morgan fingerprint density at radius 3 is 2.30 bits per heavy atom. The van der Waals surface area contributed by atoms with E-state index in [1.807, 2.05) is 0 Å². The van der Waals surface area contributed by atoms with Gasteiger partial charge in [-0.25, -0.2) is 0 Å². The van der Waals surface area contributed by atoms with Gasteiger partial charge in [-0.15, -0.1) is 0 Å². The van der Waals surface area contributed by atoms with Crippen molar-refractivity contribution >= 4 is 0 Å². The molecule has 0 aromatic heterocycles. The van der Waals surface area contributed by atoms with E-state index in [0.29, 0.717) is 17.5 Å². The van der Waals surface area contributed by atoms with Gasteiger partial charge in [0.05, 0.1) is 0 Å². The molecule has 0 heterocycles. The Balaban J connectivity index is 2.21. The molecule has 1 fully saturated rings. The highest BCUT2D eigenvalue weighted by Gasteiger charge is 2.36. The summed E-state index contributed by atoms with van der Waals surface area (Å²) in [5.41, 5.74) is 2.06. The van der Waals surface area contributed by atoms with Crippen molar-refractivity contribution in [2.24, 2.45) is 10.8 Å². The van der Waals surface area contributed by atoms with E-state index < -0.39 is 0 Å². The van der Waals surface area contributed by atoms with Crippen LogP contribution in [0.15, 0.2) is 30.3 Å². The van der Waals surface area contributed by atoms with E-state index in [4.69, 9.17) is 0 Å². The maximum Gasteiger partial charge on any atom is 0.0371 e. The Hall–Kier alpha value is -0.820. The van der Waals surface area contributed by atoms with Gasteiger partial charge in [0.25, 0.3) is 0 Å². The summed E-state index contributed by atoms with van der Waals surface area (Å²) in [5.74, 6) is 0. The van der Waals surface area contributed by atoms with Gasteiger partial charge in [-0.3, -0.25) is 0 Å². The Bertz CT molecular complexity index is 413. The molecule has 0 amide bonds. The van der Waals surface area contributed by atoms with Crippen LogP contribution in [0.3, 0.4) is 0 Å². The van der Waals surface area contributed by atoms with Crippen LogP contribution in [0.25, 0.3) is 0 Å². The molecule has 1 aromatic rings.